The summed E-state index contributed by atoms with van der Waals surface area (Å²) in [6, 6.07) is 33.1. The molecule has 0 aliphatic rings. The minimum atomic E-state index is 0.831. The Balaban J connectivity index is 1.37. The van der Waals surface area contributed by atoms with E-state index in [4.69, 9.17) is 15.2 Å². The van der Waals surface area contributed by atoms with Gasteiger partial charge in [0.15, 0.2) is 0 Å². The van der Waals surface area contributed by atoms with Crippen LogP contribution in [0.25, 0.3) is 55.5 Å². The van der Waals surface area contributed by atoms with Crippen LogP contribution in [0, 0.1) is 0 Å². The van der Waals surface area contributed by atoms with Gasteiger partial charge < -0.3 is 0 Å². The van der Waals surface area contributed by atoms with E-state index >= 15 is 0 Å². The summed E-state index contributed by atoms with van der Waals surface area (Å²) in [5.41, 5.74) is 6.55. The van der Waals surface area contributed by atoms with Gasteiger partial charge in [0, 0.05) is 17.0 Å². The predicted molar refractivity (Wildman–Crippen MR) is 128 cm³/mol. The van der Waals surface area contributed by atoms with Crippen molar-refractivity contribution in [2.75, 3.05) is 0 Å². The largest absolute Gasteiger partial charge is 0.244 e. The predicted octanol–water partition coefficient (Wildman–Crippen LogP) is 6.02. The molecule has 0 aliphatic carbocycles. The van der Waals surface area contributed by atoms with Crippen LogP contribution in [0.15, 0.2) is 103 Å². The maximum Gasteiger partial charge on any atom is 0.112 e. The van der Waals surface area contributed by atoms with E-state index in [9.17, 15) is 0 Å². The highest BCUT2D eigenvalue weighted by atomic mass is 15.2. The summed E-state index contributed by atoms with van der Waals surface area (Å²) in [4.78, 5) is 4.91. The van der Waals surface area contributed by atoms with Gasteiger partial charge in [-0.15, -0.1) is 0 Å². The maximum atomic E-state index is 4.91. The molecule has 0 bridgehead atoms. The molecule has 7 aromatic rings. The van der Waals surface area contributed by atoms with Crippen molar-refractivity contribution in [3.8, 4) is 22.8 Å². The van der Waals surface area contributed by atoms with Crippen molar-refractivity contribution in [1.29, 1.82) is 0 Å². The second kappa shape index (κ2) is 6.49. The summed E-state index contributed by atoms with van der Waals surface area (Å²) in [5, 5.41) is 13.2. The number of para-hydroxylation sites is 1. The Morgan fingerprint density at radius 2 is 1.31 bits per heavy atom. The Hall–Kier alpha value is -4.51. The third kappa shape index (κ3) is 2.55. The third-order valence-corrected chi connectivity index (χ3v) is 5.98. The summed E-state index contributed by atoms with van der Waals surface area (Å²) < 4.78 is 3.90. The molecule has 5 heteroatoms. The minimum Gasteiger partial charge on any atom is -0.244 e. The average molecular weight is 411 g/mol. The molecule has 0 aliphatic heterocycles. The van der Waals surface area contributed by atoms with E-state index in [0.717, 1.165) is 44.7 Å². The topological polar surface area (TPSA) is 47.5 Å². The summed E-state index contributed by atoms with van der Waals surface area (Å²) in [5.74, 6) is 0. The summed E-state index contributed by atoms with van der Waals surface area (Å²) in [6.45, 7) is 0. The lowest BCUT2D eigenvalue weighted by molar-refractivity contribution is 0.967. The number of hydrogen-bond donors (Lipinski definition) is 0. The van der Waals surface area contributed by atoms with Crippen LogP contribution in [0.3, 0.4) is 0 Å². The van der Waals surface area contributed by atoms with Gasteiger partial charge in [0.05, 0.1) is 27.9 Å². The Morgan fingerprint density at radius 3 is 2.22 bits per heavy atom. The molecule has 0 saturated carbocycles. The second-order valence-corrected chi connectivity index (χ2v) is 7.93. The van der Waals surface area contributed by atoms with Gasteiger partial charge in [-0.1, -0.05) is 54.6 Å². The molecule has 0 fully saturated rings. The molecule has 5 aromatic heterocycles. The van der Waals surface area contributed by atoms with E-state index in [2.05, 4.69) is 66.7 Å². The number of hydrogen-bond acceptors (Lipinski definition) is 3. The molecule has 150 valence electrons. The maximum absolute atomic E-state index is 4.91. The zero-order valence-electron chi connectivity index (χ0n) is 17.1. The minimum absolute atomic E-state index is 0.831. The zero-order chi connectivity index (χ0) is 21.1. The van der Waals surface area contributed by atoms with Crippen molar-refractivity contribution in [3.63, 3.8) is 0 Å². The van der Waals surface area contributed by atoms with Crippen LogP contribution in [0.1, 0.15) is 0 Å². The molecular weight excluding hydrogens is 394 g/mol. The summed E-state index contributed by atoms with van der Waals surface area (Å²) >= 11 is 0. The highest BCUT2D eigenvalue weighted by Crippen LogP contribution is 2.27. The number of nitrogens with zero attached hydrogens (tertiary/aromatic N) is 5. The zero-order valence-corrected chi connectivity index (χ0v) is 17.1. The molecule has 5 heterocycles. The van der Waals surface area contributed by atoms with Crippen molar-refractivity contribution in [3.05, 3.63) is 103 Å². The molecule has 0 radical (unpaired) electrons. The molecule has 0 atom stereocenters. The van der Waals surface area contributed by atoms with E-state index in [-0.39, 0.29) is 0 Å². The van der Waals surface area contributed by atoms with Crippen LogP contribution in [0.5, 0.6) is 0 Å². The van der Waals surface area contributed by atoms with E-state index in [1.165, 1.54) is 10.8 Å². The van der Waals surface area contributed by atoms with E-state index in [1.54, 1.807) is 0 Å². The average Bonchev–Trinajstić information content (AvgIpc) is 3.49. The fourth-order valence-electron chi connectivity index (χ4n) is 4.41. The Bertz CT molecular complexity index is 1660. The first-order valence-corrected chi connectivity index (χ1v) is 10.6. The number of benzene rings is 2. The molecule has 0 spiro atoms. The highest BCUT2D eigenvalue weighted by Gasteiger charge is 2.12. The van der Waals surface area contributed by atoms with Crippen LogP contribution in [0.4, 0.5) is 0 Å². The number of pyridine rings is 3. The molecule has 0 saturated heterocycles. The van der Waals surface area contributed by atoms with Crippen molar-refractivity contribution in [2.45, 2.75) is 0 Å². The van der Waals surface area contributed by atoms with Gasteiger partial charge >= 0.3 is 0 Å². The Kier molecular flexibility index (Phi) is 3.49. The van der Waals surface area contributed by atoms with Gasteiger partial charge in [-0.05, 0) is 47.9 Å². The van der Waals surface area contributed by atoms with Crippen LogP contribution < -0.4 is 0 Å². The van der Waals surface area contributed by atoms with Crippen LogP contribution >= 0.6 is 0 Å². The quantitative estimate of drug-likeness (QED) is 0.350. The molecular formula is C27H17N5. The van der Waals surface area contributed by atoms with Crippen molar-refractivity contribution in [1.82, 2.24) is 24.2 Å². The second-order valence-electron chi connectivity index (χ2n) is 7.93. The number of rotatable bonds is 2. The van der Waals surface area contributed by atoms with Crippen LogP contribution in [-0.4, -0.2) is 24.2 Å². The van der Waals surface area contributed by atoms with Crippen LogP contribution in [-0.2, 0) is 0 Å². The monoisotopic (exact) mass is 411 g/mol. The highest BCUT2D eigenvalue weighted by molar-refractivity contribution is 5.96. The lowest BCUT2D eigenvalue weighted by atomic mass is 10.1. The molecule has 0 amide bonds. The third-order valence-electron chi connectivity index (χ3n) is 5.98. The Morgan fingerprint density at radius 1 is 0.531 bits per heavy atom. The standard InChI is InChI=1S/C27H17N5/c1-3-8-21-18(6-1)14-15-31-27(21)17-25(29-31)23-10-5-9-22(28-23)24-16-20-13-12-19-7-2-4-11-26(19)32(20)30-24/h1-17H. The molecule has 0 N–H and O–H groups in total. The van der Waals surface area contributed by atoms with Crippen molar-refractivity contribution < 1.29 is 0 Å². The van der Waals surface area contributed by atoms with Gasteiger partial charge in [0.25, 0.3) is 0 Å². The summed E-state index contributed by atoms with van der Waals surface area (Å²) in [7, 11) is 0. The van der Waals surface area contributed by atoms with Crippen molar-refractivity contribution in [2.24, 2.45) is 0 Å². The van der Waals surface area contributed by atoms with E-state index < -0.39 is 0 Å². The fraction of sp³-hybridized carbons (Fsp3) is 0. The first kappa shape index (κ1) is 17.2. The van der Waals surface area contributed by atoms with Gasteiger partial charge in [0.1, 0.15) is 11.4 Å². The van der Waals surface area contributed by atoms with Crippen LogP contribution in [0.2, 0.25) is 0 Å². The normalized spacial score (nSPS) is 11.8. The molecule has 0 unspecified atom stereocenters. The Labute approximate surface area is 183 Å². The van der Waals surface area contributed by atoms with Gasteiger partial charge in [-0.3, -0.25) is 0 Å². The molecule has 2 aromatic carbocycles. The van der Waals surface area contributed by atoms with Gasteiger partial charge in [-0.25, -0.2) is 14.0 Å². The molecule has 5 nitrogen and oxygen atoms in total. The first-order chi connectivity index (χ1) is 15.8. The number of aromatic nitrogens is 5. The van der Waals surface area contributed by atoms with Crippen molar-refractivity contribution >= 4 is 32.7 Å². The van der Waals surface area contributed by atoms with E-state index in [0.29, 0.717) is 0 Å². The fourth-order valence-corrected chi connectivity index (χ4v) is 4.41. The van der Waals surface area contributed by atoms with Gasteiger partial charge in [-0.2, -0.15) is 10.2 Å². The smallest absolute Gasteiger partial charge is 0.112 e. The molecule has 32 heavy (non-hydrogen) atoms. The lowest BCUT2D eigenvalue weighted by Crippen LogP contribution is -1.92. The van der Waals surface area contributed by atoms with E-state index in [1.807, 2.05) is 45.6 Å². The molecule has 7 rings (SSSR count). The first-order valence-electron chi connectivity index (χ1n) is 10.6. The number of fused-ring (bicyclic) bond motifs is 6. The lowest BCUT2D eigenvalue weighted by Gasteiger charge is -2.01. The van der Waals surface area contributed by atoms with Gasteiger partial charge in [0.2, 0.25) is 0 Å². The summed E-state index contributed by atoms with van der Waals surface area (Å²) in [6.07, 6.45) is 2.00. The SMILES string of the molecule is c1cc(-c2cc3c4ccccc4ccn3n2)nc(-c2cc3ccc4ccccc4n3n2)c1.